The predicted molar refractivity (Wildman–Crippen MR) is 167 cm³/mol. The Morgan fingerprint density at radius 3 is 2.65 bits per heavy atom. The minimum atomic E-state index is -0.188. The molecular formula is C34H44FN5. The van der Waals surface area contributed by atoms with Gasteiger partial charge in [0.2, 0.25) is 0 Å². The first-order valence-corrected chi connectivity index (χ1v) is 14.1. The first-order chi connectivity index (χ1) is 19.3. The van der Waals surface area contributed by atoms with Crippen molar-refractivity contribution in [2.45, 2.75) is 60.5 Å². The van der Waals surface area contributed by atoms with E-state index in [-0.39, 0.29) is 11.9 Å². The highest BCUT2D eigenvalue weighted by Crippen LogP contribution is 2.38. The van der Waals surface area contributed by atoms with Crippen LogP contribution in [0.1, 0.15) is 63.8 Å². The van der Waals surface area contributed by atoms with Crippen LogP contribution in [0.15, 0.2) is 102 Å². The van der Waals surface area contributed by atoms with Gasteiger partial charge in [-0.2, -0.15) is 0 Å². The Labute approximate surface area is 239 Å². The number of fused-ring (bicyclic) bond motifs is 1. The van der Waals surface area contributed by atoms with Gasteiger partial charge in [-0.15, -0.1) is 0 Å². The largest absolute Gasteiger partial charge is 0.391 e. The number of pyridine rings is 1. The molecule has 0 spiro atoms. The van der Waals surface area contributed by atoms with Crippen molar-refractivity contribution in [3.8, 4) is 0 Å². The number of hydrogen-bond acceptors (Lipinski definition) is 4. The minimum absolute atomic E-state index is 0.0588. The molecule has 3 aromatic rings. The number of aromatic amines is 1. The van der Waals surface area contributed by atoms with Gasteiger partial charge in [0.05, 0.1) is 11.7 Å². The summed E-state index contributed by atoms with van der Waals surface area (Å²) in [6, 6.07) is 9.38. The maximum atomic E-state index is 14.1. The fraction of sp³-hybridized carbons (Fsp3) is 0.324. The van der Waals surface area contributed by atoms with Gasteiger partial charge in [0.1, 0.15) is 11.5 Å². The number of hydrogen-bond donors (Lipinski definition) is 3. The second kappa shape index (κ2) is 14.9. The molecule has 1 atom stereocenters. The molecule has 6 heteroatoms. The minimum Gasteiger partial charge on any atom is -0.391 e. The second-order valence-corrected chi connectivity index (χ2v) is 10.3. The zero-order chi connectivity index (χ0) is 29.1. The molecule has 1 aliphatic heterocycles. The number of nitrogens with one attached hydrogen (secondary N) is 3. The lowest BCUT2D eigenvalue weighted by molar-refractivity contribution is 0.369. The van der Waals surface area contributed by atoms with Crippen molar-refractivity contribution in [2.24, 2.45) is 0 Å². The maximum absolute atomic E-state index is 14.1. The topological polar surface area (TPSA) is 56.0 Å². The molecule has 3 N–H and O–H groups in total. The second-order valence-electron chi connectivity index (χ2n) is 10.3. The van der Waals surface area contributed by atoms with Crippen LogP contribution in [0.2, 0.25) is 0 Å². The molecule has 0 bridgehead atoms. The van der Waals surface area contributed by atoms with E-state index in [0.717, 1.165) is 45.5 Å². The molecular weight excluding hydrogens is 497 g/mol. The summed E-state index contributed by atoms with van der Waals surface area (Å²) >= 11 is 0. The molecule has 4 rings (SSSR count). The first kappa shape index (κ1) is 30.5. The van der Waals surface area contributed by atoms with Crippen LogP contribution < -0.4 is 10.6 Å². The number of benzene rings is 1. The van der Waals surface area contributed by atoms with Gasteiger partial charge in [-0.3, -0.25) is 0 Å². The highest BCUT2D eigenvalue weighted by Gasteiger charge is 2.26. The van der Waals surface area contributed by atoms with Crippen LogP contribution in [0.3, 0.4) is 0 Å². The van der Waals surface area contributed by atoms with Crippen LogP contribution in [-0.2, 0) is 6.54 Å². The van der Waals surface area contributed by atoms with Gasteiger partial charge < -0.3 is 20.5 Å². The van der Waals surface area contributed by atoms with Crippen molar-refractivity contribution in [3.63, 3.8) is 0 Å². The zero-order valence-electron chi connectivity index (χ0n) is 25.0. The summed E-state index contributed by atoms with van der Waals surface area (Å²) < 4.78 is 14.1. The fourth-order valence-electron chi connectivity index (χ4n) is 4.62. The van der Waals surface area contributed by atoms with Crippen LogP contribution >= 0.6 is 0 Å². The van der Waals surface area contributed by atoms with Crippen molar-refractivity contribution >= 4 is 11.0 Å². The van der Waals surface area contributed by atoms with E-state index >= 15 is 0 Å². The summed E-state index contributed by atoms with van der Waals surface area (Å²) in [5.74, 6) is -0.188. The average Bonchev–Trinajstić information content (AvgIpc) is 3.34. The summed E-state index contributed by atoms with van der Waals surface area (Å²) in [5, 5.41) is 7.96. The van der Waals surface area contributed by atoms with Gasteiger partial charge in [-0.1, -0.05) is 50.1 Å². The molecule has 1 aromatic carbocycles. The smallest absolute Gasteiger partial charge is 0.137 e. The highest BCUT2D eigenvalue weighted by atomic mass is 19.1. The molecule has 0 aliphatic carbocycles. The molecule has 2 aromatic heterocycles. The molecule has 0 amide bonds. The zero-order valence-corrected chi connectivity index (χ0v) is 25.0. The molecule has 0 radical (unpaired) electrons. The molecule has 0 saturated heterocycles. The van der Waals surface area contributed by atoms with Crippen molar-refractivity contribution in [1.29, 1.82) is 0 Å². The maximum Gasteiger partial charge on any atom is 0.137 e. The number of H-pyrrole nitrogens is 1. The normalized spacial score (nSPS) is 15.3. The van der Waals surface area contributed by atoms with Crippen molar-refractivity contribution in [3.05, 3.63) is 124 Å². The Bertz CT molecular complexity index is 1420. The predicted octanol–water partition coefficient (Wildman–Crippen LogP) is 7.99. The van der Waals surface area contributed by atoms with Gasteiger partial charge in [-0.05, 0) is 92.1 Å². The van der Waals surface area contributed by atoms with E-state index < -0.39 is 0 Å². The molecule has 1 aliphatic rings. The summed E-state index contributed by atoms with van der Waals surface area (Å²) in [6.07, 6.45) is 17.7. The summed E-state index contributed by atoms with van der Waals surface area (Å²) in [4.78, 5) is 9.84. The highest BCUT2D eigenvalue weighted by molar-refractivity contribution is 5.79. The average molecular weight is 542 g/mol. The van der Waals surface area contributed by atoms with E-state index in [1.165, 1.54) is 12.0 Å². The van der Waals surface area contributed by atoms with E-state index in [1.54, 1.807) is 12.3 Å². The Kier molecular flexibility index (Phi) is 11.4. The Hall–Kier alpha value is -4.06. The van der Waals surface area contributed by atoms with E-state index in [4.69, 9.17) is 0 Å². The number of rotatable bonds is 9. The number of halogens is 1. The molecule has 212 valence electrons. The van der Waals surface area contributed by atoms with Crippen molar-refractivity contribution in [1.82, 2.24) is 25.5 Å². The number of nitrogens with zero attached hydrogens (tertiary/aromatic N) is 2. The van der Waals surface area contributed by atoms with Crippen LogP contribution in [0, 0.1) is 12.7 Å². The third-order valence-electron chi connectivity index (χ3n) is 6.34. The van der Waals surface area contributed by atoms with Crippen LogP contribution in [0.5, 0.6) is 0 Å². The molecule has 1 unspecified atom stereocenters. The Morgan fingerprint density at radius 2 is 1.95 bits per heavy atom. The van der Waals surface area contributed by atoms with Gasteiger partial charge in [0.15, 0.2) is 0 Å². The molecule has 5 nitrogen and oxygen atoms in total. The van der Waals surface area contributed by atoms with E-state index in [9.17, 15) is 4.39 Å². The Balaban J connectivity index is 0.00000141. The summed E-state index contributed by atoms with van der Waals surface area (Å²) in [6.45, 7) is 13.9. The third-order valence-corrected chi connectivity index (χ3v) is 6.34. The number of likely N-dealkylation sites (N-methyl/N-ethyl adjacent to an activating group) is 1. The van der Waals surface area contributed by atoms with Gasteiger partial charge in [0.25, 0.3) is 0 Å². The summed E-state index contributed by atoms with van der Waals surface area (Å²) in [7, 11) is 2.07. The van der Waals surface area contributed by atoms with Crippen LogP contribution in [0.25, 0.3) is 11.0 Å². The number of aryl methyl sites for hydroxylation is 1. The standard InChI is InChI=1S/C31H36FN5.C3H8/c1-6-33-13-7-9-23(15-21(2)3)28-17-26(35-18-25-19-36-31-27(25)10-8-14-34-31)20-37(5)30(28)24-11-12-29(32)22(4)16-24;1-3-2/h7-17,19-20,30,33,35H,6,18H2,1-5H3,(H,34,36);3H2,1-2H3/b13-7+,23-9+;. The van der Waals surface area contributed by atoms with Crippen molar-refractivity contribution in [2.75, 3.05) is 13.6 Å². The van der Waals surface area contributed by atoms with Crippen LogP contribution in [-0.4, -0.2) is 28.5 Å². The number of aromatic nitrogens is 2. The third kappa shape index (κ3) is 7.98. The lowest BCUT2D eigenvalue weighted by Crippen LogP contribution is -2.28. The van der Waals surface area contributed by atoms with Gasteiger partial charge in [-0.25, -0.2) is 9.37 Å². The molecule has 0 fully saturated rings. The van der Waals surface area contributed by atoms with E-state index in [0.29, 0.717) is 12.1 Å². The van der Waals surface area contributed by atoms with Crippen LogP contribution in [0.4, 0.5) is 4.39 Å². The molecule has 3 heterocycles. The Morgan fingerprint density at radius 1 is 1.18 bits per heavy atom. The lowest BCUT2D eigenvalue weighted by atomic mass is 9.87. The fourth-order valence-corrected chi connectivity index (χ4v) is 4.62. The van der Waals surface area contributed by atoms with Gasteiger partial charge >= 0.3 is 0 Å². The summed E-state index contributed by atoms with van der Waals surface area (Å²) in [5.41, 5.74) is 8.20. The SMILES string of the molecule is CCC.CCN/C=C/C=C(\C=C(C)C)C1=CC(NCc2c[nH]c3ncccc23)=CN(C)C1c1ccc(F)c(C)c1. The quantitative estimate of drug-likeness (QED) is 0.240. The molecule has 0 saturated carbocycles. The lowest BCUT2D eigenvalue weighted by Gasteiger charge is -2.35. The van der Waals surface area contributed by atoms with E-state index in [2.05, 4.69) is 97.7 Å². The van der Waals surface area contributed by atoms with Gasteiger partial charge in [0, 0.05) is 44.1 Å². The monoisotopic (exact) mass is 541 g/mol. The van der Waals surface area contributed by atoms with Crippen molar-refractivity contribution < 1.29 is 4.39 Å². The number of allylic oxidation sites excluding steroid dienone is 5. The first-order valence-electron chi connectivity index (χ1n) is 14.1. The van der Waals surface area contributed by atoms with E-state index in [1.807, 2.05) is 43.6 Å². The molecule has 40 heavy (non-hydrogen) atoms.